The third kappa shape index (κ3) is 13.7. The number of piperidine rings is 1. The second-order valence-corrected chi connectivity index (χ2v) is 9.67. The summed E-state index contributed by atoms with van der Waals surface area (Å²) in [6, 6.07) is 7.68. The van der Waals surface area contributed by atoms with Gasteiger partial charge in [-0.1, -0.05) is 6.07 Å². The highest BCUT2D eigenvalue weighted by molar-refractivity contribution is 5.73. The van der Waals surface area contributed by atoms with Crippen LogP contribution in [0.1, 0.15) is 12.8 Å². The quantitative estimate of drug-likeness (QED) is 0.386. The predicted octanol–water partition coefficient (Wildman–Crippen LogP) is 3.76. The number of halogens is 9. The zero-order valence-electron chi connectivity index (χ0n) is 24.3. The molecule has 3 N–H and O–H groups in total. The molecule has 0 bridgehead atoms. The fraction of sp³-hybridized carbons (Fsp3) is 0.520. The molecular weight excluding hydrogens is 669 g/mol. The van der Waals surface area contributed by atoms with Crippen molar-refractivity contribution in [2.75, 3.05) is 45.3 Å². The zero-order valence-corrected chi connectivity index (χ0v) is 24.3. The minimum Gasteiger partial charge on any atom is -0.481 e. The molecule has 264 valence electrons. The Bertz CT molecular complexity index is 1250. The molecule has 1 spiro atoms. The highest BCUT2D eigenvalue weighted by Crippen LogP contribution is 2.40. The average Bonchev–Trinajstić information content (AvgIpc) is 2.95. The first-order chi connectivity index (χ1) is 21.5. The summed E-state index contributed by atoms with van der Waals surface area (Å²) in [5.74, 6) is -5.47. The number of pyridine rings is 1. The van der Waals surface area contributed by atoms with Gasteiger partial charge in [-0.2, -0.15) is 39.5 Å². The van der Waals surface area contributed by atoms with Crippen molar-refractivity contribution in [1.82, 2.24) is 19.9 Å². The van der Waals surface area contributed by atoms with E-state index in [4.69, 9.17) is 39.2 Å². The summed E-state index contributed by atoms with van der Waals surface area (Å²) in [6.45, 7) is 3.78. The molecule has 47 heavy (non-hydrogen) atoms. The summed E-state index contributed by atoms with van der Waals surface area (Å²) in [4.78, 5) is 44.2. The van der Waals surface area contributed by atoms with E-state index in [1.165, 1.54) is 0 Å². The molecule has 1 atom stereocenters. The topological polar surface area (TPSA) is 176 Å². The smallest absolute Gasteiger partial charge is 0.481 e. The number of alkyl halides is 9. The highest BCUT2D eigenvalue weighted by Gasteiger charge is 2.50. The second kappa shape index (κ2) is 16.8. The normalized spacial score (nSPS) is 17.3. The van der Waals surface area contributed by atoms with Crippen LogP contribution in [0.4, 0.5) is 45.3 Å². The molecule has 2 aromatic heterocycles. The van der Waals surface area contributed by atoms with E-state index >= 15 is 0 Å². The monoisotopic (exact) mass is 697 g/mol. The number of methoxy groups -OCH3 is 1. The standard InChI is InChI=1S/C19H25N5O2.3C2HF3O2/c1-23-8-6-15(11-26-17-5-3-4-7-20-17)10-19(23)12-24(13-19)16-9-18(25-2)22-14-21-16;3*3-2(4,5)1(6)7/h3-5,7,9,14-15H,6,8,10-13H2,1-2H3;3*(H,6,7). The van der Waals surface area contributed by atoms with Crippen molar-refractivity contribution in [3.05, 3.63) is 36.8 Å². The summed E-state index contributed by atoms with van der Waals surface area (Å²) in [5.41, 5.74) is 0.203. The Morgan fingerprint density at radius 2 is 1.38 bits per heavy atom. The molecule has 2 aromatic rings. The molecule has 0 aromatic carbocycles. The van der Waals surface area contributed by atoms with Gasteiger partial charge < -0.3 is 29.7 Å². The van der Waals surface area contributed by atoms with E-state index in [9.17, 15) is 39.5 Å². The molecule has 4 heterocycles. The second-order valence-electron chi connectivity index (χ2n) is 9.67. The number of ether oxygens (including phenoxy) is 2. The Balaban J connectivity index is 0.000000430. The van der Waals surface area contributed by atoms with E-state index in [0.29, 0.717) is 17.7 Å². The molecule has 0 aliphatic carbocycles. The van der Waals surface area contributed by atoms with Gasteiger partial charge in [0.2, 0.25) is 11.8 Å². The number of carboxylic acids is 3. The lowest BCUT2D eigenvalue weighted by Crippen LogP contribution is -2.72. The first-order valence-corrected chi connectivity index (χ1v) is 12.8. The van der Waals surface area contributed by atoms with Crippen LogP contribution in [0.2, 0.25) is 0 Å². The van der Waals surface area contributed by atoms with Crippen LogP contribution in [0.15, 0.2) is 36.8 Å². The predicted molar refractivity (Wildman–Crippen MR) is 140 cm³/mol. The molecule has 2 fully saturated rings. The largest absolute Gasteiger partial charge is 0.490 e. The van der Waals surface area contributed by atoms with E-state index in [2.05, 4.69) is 31.8 Å². The number of carbonyl (C=O) groups is 3. The van der Waals surface area contributed by atoms with Crippen LogP contribution in [0.25, 0.3) is 0 Å². The summed E-state index contributed by atoms with van der Waals surface area (Å²) in [6.07, 6.45) is -9.63. The van der Waals surface area contributed by atoms with E-state index in [-0.39, 0.29) is 5.54 Å². The van der Waals surface area contributed by atoms with E-state index in [1.807, 2.05) is 24.3 Å². The summed E-state index contributed by atoms with van der Waals surface area (Å²) in [7, 11) is 3.86. The maximum atomic E-state index is 10.6. The van der Waals surface area contributed by atoms with Gasteiger partial charge in [0.25, 0.3) is 0 Å². The Hall–Kier alpha value is -4.63. The lowest BCUT2D eigenvalue weighted by Gasteiger charge is -2.58. The number of aromatic nitrogens is 3. The number of aliphatic carboxylic acids is 3. The number of rotatable bonds is 5. The van der Waals surface area contributed by atoms with Gasteiger partial charge in [0.1, 0.15) is 12.1 Å². The molecule has 2 saturated heterocycles. The molecular formula is C25H28F9N5O8. The Morgan fingerprint density at radius 1 is 0.872 bits per heavy atom. The van der Waals surface area contributed by atoms with Crippen LogP contribution in [0.3, 0.4) is 0 Å². The van der Waals surface area contributed by atoms with Gasteiger partial charge in [-0.25, -0.2) is 29.3 Å². The van der Waals surface area contributed by atoms with E-state index in [0.717, 1.165) is 44.9 Å². The van der Waals surface area contributed by atoms with Crippen LogP contribution in [0.5, 0.6) is 11.8 Å². The van der Waals surface area contributed by atoms with Crippen molar-refractivity contribution in [2.45, 2.75) is 36.9 Å². The van der Waals surface area contributed by atoms with Crippen molar-refractivity contribution in [1.29, 1.82) is 0 Å². The van der Waals surface area contributed by atoms with Crippen LogP contribution in [0, 0.1) is 5.92 Å². The molecule has 4 rings (SSSR count). The molecule has 0 radical (unpaired) electrons. The van der Waals surface area contributed by atoms with Crippen LogP contribution >= 0.6 is 0 Å². The first kappa shape index (κ1) is 40.4. The summed E-state index contributed by atoms with van der Waals surface area (Å²) < 4.78 is 106. The highest BCUT2D eigenvalue weighted by atomic mass is 19.4. The SMILES string of the molecule is COc1cc(N2CC3(CC(COc4ccccn4)CCN3C)C2)ncn1.O=C(O)C(F)(F)F.O=C(O)C(F)(F)F.O=C(O)C(F)(F)F. The van der Waals surface area contributed by atoms with Crippen molar-refractivity contribution >= 4 is 23.7 Å². The molecule has 22 heteroatoms. The summed E-state index contributed by atoms with van der Waals surface area (Å²) in [5, 5.41) is 21.4. The third-order valence-corrected chi connectivity index (χ3v) is 6.31. The van der Waals surface area contributed by atoms with Gasteiger partial charge in [-0.3, -0.25) is 4.90 Å². The van der Waals surface area contributed by atoms with Gasteiger partial charge in [0.15, 0.2) is 0 Å². The summed E-state index contributed by atoms with van der Waals surface area (Å²) >= 11 is 0. The first-order valence-electron chi connectivity index (χ1n) is 12.8. The third-order valence-electron chi connectivity index (χ3n) is 6.31. The van der Waals surface area contributed by atoms with Crippen molar-refractivity contribution in [3.63, 3.8) is 0 Å². The van der Waals surface area contributed by atoms with Crippen molar-refractivity contribution in [3.8, 4) is 11.8 Å². The van der Waals surface area contributed by atoms with Crippen molar-refractivity contribution in [2.24, 2.45) is 5.92 Å². The molecule has 2 aliphatic rings. The Morgan fingerprint density at radius 3 is 1.81 bits per heavy atom. The molecule has 0 saturated carbocycles. The van der Waals surface area contributed by atoms with Crippen molar-refractivity contribution < 1.29 is 78.7 Å². The van der Waals surface area contributed by atoms with Gasteiger partial charge in [0, 0.05) is 31.4 Å². The van der Waals surface area contributed by atoms with Gasteiger partial charge in [0.05, 0.1) is 19.3 Å². The molecule has 13 nitrogen and oxygen atoms in total. The van der Waals surface area contributed by atoms with E-state index < -0.39 is 36.4 Å². The lowest BCUT2D eigenvalue weighted by atomic mass is 9.75. The zero-order chi connectivity index (χ0) is 36.2. The van der Waals surface area contributed by atoms with E-state index in [1.54, 1.807) is 19.6 Å². The van der Waals surface area contributed by atoms with Gasteiger partial charge in [-0.15, -0.1) is 0 Å². The fourth-order valence-corrected chi connectivity index (χ4v) is 4.00. The lowest BCUT2D eigenvalue weighted by molar-refractivity contribution is -0.193. The van der Waals surface area contributed by atoms with Crippen LogP contribution < -0.4 is 14.4 Å². The average molecular weight is 698 g/mol. The fourth-order valence-electron chi connectivity index (χ4n) is 4.00. The number of likely N-dealkylation sites (tertiary alicyclic amines) is 1. The minimum atomic E-state index is -5.08. The number of nitrogens with zero attached hydrogens (tertiary/aromatic N) is 5. The number of hydrogen-bond donors (Lipinski definition) is 3. The number of hydrogen-bond acceptors (Lipinski definition) is 10. The molecule has 1 unspecified atom stereocenters. The number of anilines is 1. The van der Waals surface area contributed by atoms with Crippen LogP contribution in [-0.2, 0) is 14.4 Å². The number of carboxylic acid groups (broad SMARTS) is 3. The minimum absolute atomic E-state index is 0.203. The Labute approximate surface area is 259 Å². The van der Waals surface area contributed by atoms with Gasteiger partial charge in [-0.05, 0) is 38.4 Å². The van der Waals surface area contributed by atoms with Gasteiger partial charge >= 0.3 is 36.4 Å². The maximum Gasteiger partial charge on any atom is 0.490 e. The van der Waals surface area contributed by atoms with Crippen LogP contribution in [-0.4, -0.2) is 118 Å². The maximum absolute atomic E-state index is 10.6. The molecule has 0 amide bonds. The Kier molecular flexibility index (Phi) is 14.4. The number of likely N-dealkylation sites (N-methyl/N-ethyl adjacent to an activating group) is 1. The molecule has 2 aliphatic heterocycles.